The van der Waals surface area contributed by atoms with Crippen LogP contribution in [0.25, 0.3) is 0 Å². The molecule has 5 nitrogen and oxygen atoms in total. The molecule has 0 aliphatic rings. The molecule has 0 aromatic heterocycles. The fraction of sp³-hybridized carbons (Fsp3) is 0.364. The second-order valence-electron chi connectivity index (χ2n) is 6.78. The number of aryl methyl sites for hydroxylation is 2. The Labute approximate surface area is 171 Å². The average Bonchev–Trinajstić information content (AvgIpc) is 2.66. The lowest BCUT2D eigenvalue weighted by Crippen LogP contribution is -2.49. The minimum atomic E-state index is -0.608. The number of rotatable bonds is 8. The molecule has 150 valence electrons. The quantitative estimate of drug-likeness (QED) is 0.728. The van der Waals surface area contributed by atoms with Crippen molar-refractivity contribution in [2.75, 3.05) is 13.2 Å². The number of benzene rings is 2. The molecule has 28 heavy (non-hydrogen) atoms. The highest BCUT2D eigenvalue weighted by Gasteiger charge is 2.26. The van der Waals surface area contributed by atoms with E-state index in [1.165, 1.54) is 0 Å². The molecule has 0 spiro atoms. The Morgan fingerprint density at radius 2 is 1.93 bits per heavy atom. The Kier molecular flexibility index (Phi) is 7.88. The maximum absolute atomic E-state index is 12.9. The molecular formula is C22H27ClN2O3. The number of halogens is 1. The maximum Gasteiger partial charge on any atom is 0.261 e. The lowest BCUT2D eigenvalue weighted by Gasteiger charge is -2.28. The van der Waals surface area contributed by atoms with Gasteiger partial charge in [0.2, 0.25) is 5.91 Å². The third kappa shape index (κ3) is 5.99. The molecule has 1 N–H and O–H groups in total. The van der Waals surface area contributed by atoms with E-state index in [0.29, 0.717) is 23.9 Å². The van der Waals surface area contributed by atoms with Gasteiger partial charge in [-0.25, -0.2) is 0 Å². The summed E-state index contributed by atoms with van der Waals surface area (Å²) in [6.45, 7) is 8.14. The molecule has 0 aliphatic heterocycles. The highest BCUT2D eigenvalue weighted by molar-refractivity contribution is 6.31. The van der Waals surface area contributed by atoms with Crippen LogP contribution in [0.2, 0.25) is 5.02 Å². The van der Waals surface area contributed by atoms with E-state index in [4.69, 9.17) is 16.3 Å². The molecule has 2 amide bonds. The summed E-state index contributed by atoms with van der Waals surface area (Å²) in [5.41, 5.74) is 2.94. The number of hydrogen-bond donors (Lipinski definition) is 1. The van der Waals surface area contributed by atoms with Crippen LogP contribution in [-0.2, 0) is 16.1 Å². The van der Waals surface area contributed by atoms with Gasteiger partial charge in [0.25, 0.3) is 5.91 Å². The van der Waals surface area contributed by atoms with Crippen molar-refractivity contribution in [3.05, 3.63) is 64.2 Å². The summed E-state index contributed by atoms with van der Waals surface area (Å²) in [6.07, 6.45) is 0. The lowest BCUT2D eigenvalue weighted by atomic mass is 10.1. The Hall–Kier alpha value is -2.53. The number of carbonyl (C=O) groups is 2. The molecule has 0 saturated carbocycles. The largest absolute Gasteiger partial charge is 0.484 e. The van der Waals surface area contributed by atoms with E-state index in [0.717, 1.165) is 16.7 Å². The van der Waals surface area contributed by atoms with Crippen molar-refractivity contribution in [2.24, 2.45) is 0 Å². The predicted octanol–water partition coefficient (Wildman–Crippen LogP) is 3.89. The number of likely N-dealkylation sites (N-methyl/N-ethyl adjacent to an activating group) is 1. The van der Waals surface area contributed by atoms with Crippen LogP contribution in [0.1, 0.15) is 30.5 Å². The minimum absolute atomic E-state index is 0.156. The van der Waals surface area contributed by atoms with Crippen molar-refractivity contribution in [1.82, 2.24) is 10.2 Å². The zero-order chi connectivity index (χ0) is 20.7. The number of carbonyl (C=O) groups excluding carboxylic acids is 2. The van der Waals surface area contributed by atoms with Crippen LogP contribution in [0.5, 0.6) is 5.75 Å². The predicted molar refractivity (Wildman–Crippen MR) is 112 cm³/mol. The van der Waals surface area contributed by atoms with Crippen LogP contribution < -0.4 is 10.1 Å². The topological polar surface area (TPSA) is 58.6 Å². The first kappa shape index (κ1) is 21.8. The van der Waals surface area contributed by atoms with Crippen LogP contribution in [0.4, 0.5) is 0 Å². The van der Waals surface area contributed by atoms with E-state index in [2.05, 4.69) is 5.32 Å². The summed E-state index contributed by atoms with van der Waals surface area (Å²) in [4.78, 5) is 26.8. The van der Waals surface area contributed by atoms with Crippen molar-refractivity contribution < 1.29 is 14.3 Å². The van der Waals surface area contributed by atoms with Gasteiger partial charge in [-0.1, -0.05) is 41.4 Å². The standard InChI is InChI=1S/C22H27ClN2O3/c1-5-24-22(27)17(4)25(13-18-8-6-7-15(2)11-18)21(26)14-28-19-9-10-20(23)16(3)12-19/h6-12,17H,5,13-14H2,1-4H3,(H,24,27). The summed E-state index contributed by atoms with van der Waals surface area (Å²) >= 11 is 6.03. The van der Waals surface area contributed by atoms with Crippen molar-refractivity contribution >= 4 is 23.4 Å². The van der Waals surface area contributed by atoms with Gasteiger partial charge in [-0.15, -0.1) is 0 Å². The Morgan fingerprint density at radius 3 is 2.57 bits per heavy atom. The van der Waals surface area contributed by atoms with Gasteiger partial charge in [0, 0.05) is 18.1 Å². The minimum Gasteiger partial charge on any atom is -0.484 e. The molecule has 0 aliphatic carbocycles. The van der Waals surface area contributed by atoms with Crippen molar-refractivity contribution in [2.45, 2.75) is 40.3 Å². The molecule has 6 heteroatoms. The molecule has 2 aromatic carbocycles. The van der Waals surface area contributed by atoms with Gasteiger partial charge < -0.3 is 15.0 Å². The van der Waals surface area contributed by atoms with Crippen LogP contribution in [0.3, 0.4) is 0 Å². The summed E-state index contributed by atoms with van der Waals surface area (Å²) in [5.74, 6) is 0.120. The number of ether oxygens (including phenoxy) is 1. The van der Waals surface area contributed by atoms with Gasteiger partial charge in [-0.3, -0.25) is 9.59 Å². The third-order valence-electron chi connectivity index (χ3n) is 4.45. The normalized spacial score (nSPS) is 11.6. The van der Waals surface area contributed by atoms with Gasteiger partial charge in [0.1, 0.15) is 11.8 Å². The number of amides is 2. The van der Waals surface area contributed by atoms with Crippen LogP contribution in [0, 0.1) is 13.8 Å². The monoisotopic (exact) mass is 402 g/mol. The Bertz CT molecular complexity index is 838. The van der Waals surface area contributed by atoms with E-state index < -0.39 is 6.04 Å². The van der Waals surface area contributed by atoms with Gasteiger partial charge in [0.15, 0.2) is 6.61 Å². The Morgan fingerprint density at radius 1 is 1.18 bits per heavy atom. The third-order valence-corrected chi connectivity index (χ3v) is 4.87. The van der Waals surface area contributed by atoms with Crippen molar-refractivity contribution in [1.29, 1.82) is 0 Å². The maximum atomic E-state index is 12.9. The highest BCUT2D eigenvalue weighted by atomic mass is 35.5. The van der Waals surface area contributed by atoms with Crippen molar-refractivity contribution in [3.63, 3.8) is 0 Å². The van der Waals surface area contributed by atoms with E-state index >= 15 is 0 Å². The molecule has 0 saturated heterocycles. The molecule has 1 atom stereocenters. The molecular weight excluding hydrogens is 376 g/mol. The molecule has 0 fully saturated rings. The zero-order valence-electron chi connectivity index (χ0n) is 16.8. The SMILES string of the molecule is CCNC(=O)C(C)N(Cc1cccc(C)c1)C(=O)COc1ccc(Cl)c(C)c1. The van der Waals surface area contributed by atoms with Gasteiger partial charge in [0.05, 0.1) is 0 Å². The van der Waals surface area contributed by atoms with Gasteiger partial charge in [-0.05, 0) is 57.0 Å². The molecule has 2 rings (SSSR count). The number of nitrogens with one attached hydrogen (secondary N) is 1. The van der Waals surface area contributed by atoms with Crippen LogP contribution >= 0.6 is 11.6 Å². The highest BCUT2D eigenvalue weighted by Crippen LogP contribution is 2.21. The van der Waals surface area contributed by atoms with E-state index in [-0.39, 0.29) is 18.4 Å². The average molecular weight is 403 g/mol. The van der Waals surface area contributed by atoms with E-state index in [1.807, 2.05) is 45.0 Å². The second-order valence-corrected chi connectivity index (χ2v) is 7.19. The molecule has 0 radical (unpaired) electrons. The lowest BCUT2D eigenvalue weighted by molar-refractivity contribution is -0.142. The smallest absolute Gasteiger partial charge is 0.261 e. The van der Waals surface area contributed by atoms with Gasteiger partial charge in [-0.2, -0.15) is 0 Å². The van der Waals surface area contributed by atoms with Crippen molar-refractivity contribution in [3.8, 4) is 5.75 Å². The summed E-state index contributed by atoms with van der Waals surface area (Å²) in [7, 11) is 0. The van der Waals surface area contributed by atoms with Crippen LogP contribution in [-0.4, -0.2) is 35.9 Å². The van der Waals surface area contributed by atoms with E-state index in [9.17, 15) is 9.59 Å². The second kappa shape index (κ2) is 10.1. The first-order chi connectivity index (χ1) is 13.3. The Balaban J connectivity index is 2.15. The molecule has 0 bridgehead atoms. The first-order valence-corrected chi connectivity index (χ1v) is 9.71. The molecule has 2 aromatic rings. The first-order valence-electron chi connectivity index (χ1n) is 9.33. The zero-order valence-corrected chi connectivity index (χ0v) is 17.5. The van der Waals surface area contributed by atoms with Gasteiger partial charge >= 0.3 is 0 Å². The number of hydrogen-bond acceptors (Lipinski definition) is 3. The summed E-state index contributed by atoms with van der Waals surface area (Å²) < 4.78 is 5.65. The molecule has 1 unspecified atom stereocenters. The van der Waals surface area contributed by atoms with Crippen LogP contribution in [0.15, 0.2) is 42.5 Å². The molecule has 0 heterocycles. The summed E-state index contributed by atoms with van der Waals surface area (Å²) in [6, 6.07) is 12.5. The fourth-order valence-electron chi connectivity index (χ4n) is 2.85. The summed E-state index contributed by atoms with van der Waals surface area (Å²) in [5, 5.41) is 3.42. The fourth-order valence-corrected chi connectivity index (χ4v) is 2.96. The van der Waals surface area contributed by atoms with E-state index in [1.54, 1.807) is 30.0 Å². The number of nitrogens with zero attached hydrogens (tertiary/aromatic N) is 1.